The number of aromatic hydroxyl groups is 4. The van der Waals surface area contributed by atoms with E-state index in [1.807, 2.05) is 6.92 Å². The minimum atomic E-state index is -0.358. The first kappa shape index (κ1) is 20.8. The average Bonchev–Trinajstić information content (AvgIpc) is 2.55. The molecule has 2 aromatic rings. The van der Waals surface area contributed by atoms with Gasteiger partial charge in [0.05, 0.1) is 17.9 Å². The van der Waals surface area contributed by atoms with Crippen LogP contribution in [0.2, 0.25) is 0 Å². The minimum absolute atomic E-state index is 0.294. The molecule has 0 aromatic heterocycles. The molecule has 4 N–H and O–H groups in total. The Kier molecular flexibility index (Phi) is 6.63. The van der Waals surface area contributed by atoms with Gasteiger partial charge in [-0.3, -0.25) is 0 Å². The molecule has 0 aliphatic heterocycles. The Hall–Kier alpha value is 0.520. The van der Waals surface area contributed by atoms with Crippen LogP contribution in [-0.4, -0.2) is 20.4 Å². The van der Waals surface area contributed by atoms with Crippen LogP contribution in [-0.2, 0) is 0 Å². The maximum atomic E-state index is 10.1. The summed E-state index contributed by atoms with van der Waals surface area (Å²) in [6.07, 6.45) is 0. The molecule has 130 valence electrons. The number of benzene rings is 2. The smallest absolute Gasteiger partial charge is 0.174 e. The van der Waals surface area contributed by atoms with Crippen molar-refractivity contribution in [3.8, 4) is 23.0 Å². The van der Waals surface area contributed by atoms with Crippen molar-refractivity contribution in [2.75, 3.05) is 0 Å². The summed E-state index contributed by atoms with van der Waals surface area (Å²) in [5.74, 6) is -1.55. The minimum Gasteiger partial charge on any atom is -0.503 e. The molecule has 10 heteroatoms. The summed E-state index contributed by atoms with van der Waals surface area (Å²) >= 11 is 19.9. The van der Waals surface area contributed by atoms with Crippen molar-refractivity contribution < 1.29 is 20.4 Å². The summed E-state index contributed by atoms with van der Waals surface area (Å²) in [5.41, 5.74) is 1.27. The molecule has 2 rings (SSSR count). The van der Waals surface area contributed by atoms with Crippen molar-refractivity contribution in [2.24, 2.45) is 0 Å². The highest BCUT2D eigenvalue weighted by Gasteiger charge is 2.29. The predicted molar refractivity (Wildman–Crippen MR) is 113 cm³/mol. The predicted octanol–water partition coefficient (Wildman–Crippen LogP) is 7.24. The quantitative estimate of drug-likeness (QED) is 0.195. The Bertz CT molecular complexity index is 725. The summed E-state index contributed by atoms with van der Waals surface area (Å²) < 4.78 is 2.31. The van der Waals surface area contributed by atoms with Gasteiger partial charge < -0.3 is 20.4 Å². The summed E-state index contributed by atoms with van der Waals surface area (Å²) in [6, 6.07) is 0. The molecular formula is C14H8Br6O4. The van der Waals surface area contributed by atoms with E-state index in [-0.39, 0.29) is 28.9 Å². The third-order valence-electron chi connectivity index (χ3n) is 3.48. The van der Waals surface area contributed by atoms with Gasteiger partial charge in [-0.25, -0.2) is 0 Å². The van der Waals surface area contributed by atoms with Crippen molar-refractivity contribution in [3.05, 3.63) is 38.0 Å². The summed E-state index contributed by atoms with van der Waals surface area (Å²) in [6.45, 7) is 1.85. The van der Waals surface area contributed by atoms with E-state index in [9.17, 15) is 20.4 Å². The number of rotatable bonds is 2. The van der Waals surface area contributed by atoms with Crippen LogP contribution < -0.4 is 0 Å². The Morgan fingerprint density at radius 3 is 1.04 bits per heavy atom. The standard InChI is InChI=1S/C14H8Br6O4/c1-2(3-5(15)9(19)13(23)11(21)7(3)17)4-6(16)10(20)14(24)12(22)8(4)18/h2,21-24H,1H3. The maximum Gasteiger partial charge on any atom is 0.174 e. The van der Waals surface area contributed by atoms with Crippen LogP contribution in [0, 0.1) is 0 Å². The fourth-order valence-corrected chi connectivity index (χ4v) is 6.47. The van der Waals surface area contributed by atoms with Gasteiger partial charge in [0.1, 0.15) is 0 Å². The van der Waals surface area contributed by atoms with E-state index < -0.39 is 0 Å². The van der Waals surface area contributed by atoms with E-state index >= 15 is 0 Å². The lowest BCUT2D eigenvalue weighted by Gasteiger charge is -2.23. The summed E-state index contributed by atoms with van der Waals surface area (Å²) in [5, 5.41) is 40.1. The van der Waals surface area contributed by atoms with Gasteiger partial charge in [-0.2, -0.15) is 0 Å². The molecule has 0 saturated heterocycles. The van der Waals surface area contributed by atoms with Gasteiger partial charge in [0, 0.05) is 14.9 Å². The Labute approximate surface area is 188 Å². The fraction of sp³-hybridized carbons (Fsp3) is 0.143. The zero-order chi connectivity index (χ0) is 18.5. The van der Waals surface area contributed by atoms with Gasteiger partial charge in [0.15, 0.2) is 23.0 Å². The second-order valence-electron chi connectivity index (χ2n) is 4.83. The SMILES string of the molecule is CC(c1c(Br)c(O)c(O)c(Br)c1Br)c1c(Br)c(O)c(O)c(Br)c1Br. The number of hydrogen-bond acceptors (Lipinski definition) is 4. The fourth-order valence-electron chi connectivity index (χ4n) is 2.21. The number of hydrogen-bond donors (Lipinski definition) is 4. The van der Waals surface area contributed by atoms with Gasteiger partial charge >= 0.3 is 0 Å². The zero-order valence-electron chi connectivity index (χ0n) is 11.6. The summed E-state index contributed by atoms with van der Waals surface area (Å²) in [4.78, 5) is 0. The topological polar surface area (TPSA) is 80.9 Å². The normalized spacial score (nSPS) is 11.3. The molecule has 0 radical (unpaired) electrons. The lowest BCUT2D eigenvalue weighted by Crippen LogP contribution is -2.03. The van der Waals surface area contributed by atoms with Crippen molar-refractivity contribution in [1.29, 1.82) is 0 Å². The molecule has 0 heterocycles. The molecule has 0 bridgehead atoms. The third-order valence-corrected chi connectivity index (χ3v) is 9.34. The van der Waals surface area contributed by atoms with Gasteiger partial charge in [0.2, 0.25) is 0 Å². The van der Waals surface area contributed by atoms with Gasteiger partial charge in [0.25, 0.3) is 0 Å². The van der Waals surface area contributed by atoms with Crippen LogP contribution in [0.15, 0.2) is 26.8 Å². The lowest BCUT2D eigenvalue weighted by molar-refractivity contribution is 0.396. The zero-order valence-corrected chi connectivity index (χ0v) is 21.1. The first-order valence-electron chi connectivity index (χ1n) is 6.18. The highest BCUT2D eigenvalue weighted by atomic mass is 79.9. The number of halogens is 6. The Morgan fingerprint density at radius 1 is 0.500 bits per heavy atom. The van der Waals surface area contributed by atoms with Crippen LogP contribution in [0.5, 0.6) is 23.0 Å². The van der Waals surface area contributed by atoms with E-state index in [0.717, 1.165) is 0 Å². The monoisotopic (exact) mass is 714 g/mol. The average molecular weight is 720 g/mol. The first-order chi connectivity index (χ1) is 11.0. The molecule has 0 spiro atoms. The molecular weight excluding hydrogens is 712 g/mol. The summed E-state index contributed by atoms with van der Waals surface area (Å²) in [7, 11) is 0. The van der Waals surface area contributed by atoms with E-state index in [4.69, 9.17) is 0 Å². The Morgan fingerprint density at radius 2 is 0.750 bits per heavy atom. The van der Waals surface area contributed by atoms with E-state index in [1.165, 1.54) is 0 Å². The largest absolute Gasteiger partial charge is 0.503 e. The van der Waals surface area contributed by atoms with E-state index in [2.05, 4.69) is 95.6 Å². The van der Waals surface area contributed by atoms with Crippen LogP contribution in [0.1, 0.15) is 24.0 Å². The molecule has 0 fully saturated rings. The molecule has 4 nitrogen and oxygen atoms in total. The van der Waals surface area contributed by atoms with Gasteiger partial charge in [-0.15, -0.1) is 0 Å². The molecule has 0 aliphatic rings. The molecule has 0 aliphatic carbocycles. The third kappa shape index (κ3) is 3.26. The van der Waals surface area contributed by atoms with Crippen LogP contribution in [0.3, 0.4) is 0 Å². The molecule has 0 saturated carbocycles. The lowest BCUT2D eigenvalue weighted by atomic mass is 9.92. The van der Waals surface area contributed by atoms with E-state index in [0.29, 0.717) is 38.0 Å². The second kappa shape index (κ2) is 7.64. The molecule has 24 heavy (non-hydrogen) atoms. The number of phenols is 4. The van der Waals surface area contributed by atoms with Crippen LogP contribution in [0.25, 0.3) is 0 Å². The van der Waals surface area contributed by atoms with Crippen LogP contribution in [0.4, 0.5) is 0 Å². The molecule has 2 aromatic carbocycles. The highest BCUT2D eigenvalue weighted by Crippen LogP contribution is 2.55. The molecule has 0 amide bonds. The van der Waals surface area contributed by atoms with Gasteiger partial charge in [-0.05, 0) is 107 Å². The Balaban J connectivity index is 2.84. The second-order valence-corrected chi connectivity index (χ2v) is 9.59. The van der Waals surface area contributed by atoms with E-state index in [1.54, 1.807) is 0 Å². The van der Waals surface area contributed by atoms with Crippen molar-refractivity contribution in [3.63, 3.8) is 0 Å². The van der Waals surface area contributed by atoms with Crippen LogP contribution >= 0.6 is 95.6 Å². The molecule has 0 atom stereocenters. The van der Waals surface area contributed by atoms with Crippen molar-refractivity contribution in [1.82, 2.24) is 0 Å². The first-order valence-corrected chi connectivity index (χ1v) is 10.9. The van der Waals surface area contributed by atoms with Gasteiger partial charge in [-0.1, -0.05) is 6.92 Å². The maximum absolute atomic E-state index is 10.1. The van der Waals surface area contributed by atoms with Crippen molar-refractivity contribution in [2.45, 2.75) is 12.8 Å². The van der Waals surface area contributed by atoms with Crippen molar-refractivity contribution >= 4 is 95.6 Å². The number of phenolic OH excluding ortho intramolecular Hbond substituents is 4. The molecule has 0 unspecified atom stereocenters. The highest BCUT2D eigenvalue weighted by molar-refractivity contribution is 9.13.